The number of piperidine rings is 1. The van der Waals surface area contributed by atoms with E-state index < -0.39 is 0 Å². The highest BCUT2D eigenvalue weighted by molar-refractivity contribution is 7.13. The summed E-state index contributed by atoms with van der Waals surface area (Å²) < 4.78 is 0. The van der Waals surface area contributed by atoms with Gasteiger partial charge in [0.15, 0.2) is 5.13 Å². The first-order valence-corrected chi connectivity index (χ1v) is 8.66. The Bertz CT molecular complexity index is 632. The number of hydrogen-bond acceptors (Lipinski definition) is 4. The second-order valence-electron chi connectivity index (χ2n) is 5.49. The number of aromatic nitrogens is 1. The first-order chi connectivity index (χ1) is 10.7. The molecule has 0 saturated carbocycles. The van der Waals surface area contributed by atoms with E-state index >= 15 is 0 Å². The number of amides is 1. The van der Waals surface area contributed by atoms with E-state index in [1.165, 1.54) is 0 Å². The topological polar surface area (TPSA) is 45.2 Å². The largest absolute Gasteiger partial charge is 0.352 e. The van der Waals surface area contributed by atoms with Gasteiger partial charge in [-0.1, -0.05) is 17.7 Å². The monoisotopic (exact) mass is 335 g/mol. The fraction of sp³-hybridized carbons (Fsp3) is 0.375. The number of benzene rings is 1. The van der Waals surface area contributed by atoms with Crippen LogP contribution in [0.5, 0.6) is 0 Å². The number of anilines is 1. The molecule has 1 unspecified atom stereocenters. The normalized spacial score (nSPS) is 18.2. The predicted octanol–water partition coefficient (Wildman–Crippen LogP) is 3.44. The van der Waals surface area contributed by atoms with Gasteiger partial charge in [-0.15, -0.1) is 11.3 Å². The van der Waals surface area contributed by atoms with Gasteiger partial charge in [-0.2, -0.15) is 0 Å². The molecule has 1 aromatic carbocycles. The first kappa shape index (κ1) is 15.3. The number of carbonyl (C=O) groups is 1. The maximum atomic E-state index is 12.2. The second kappa shape index (κ2) is 7.11. The number of hydrogen-bond donors (Lipinski definition) is 1. The molecule has 3 rings (SSSR count). The molecule has 22 heavy (non-hydrogen) atoms. The Morgan fingerprint density at radius 2 is 2.41 bits per heavy atom. The lowest BCUT2D eigenvalue weighted by Gasteiger charge is -2.32. The van der Waals surface area contributed by atoms with Gasteiger partial charge in [0.1, 0.15) is 0 Å². The summed E-state index contributed by atoms with van der Waals surface area (Å²) in [5, 5.41) is 6.68. The molecular weight excluding hydrogens is 318 g/mol. The van der Waals surface area contributed by atoms with Crippen molar-refractivity contribution >= 4 is 34.0 Å². The van der Waals surface area contributed by atoms with Gasteiger partial charge in [0.25, 0.3) is 5.91 Å². The summed E-state index contributed by atoms with van der Waals surface area (Å²) in [7, 11) is 0. The Balaban J connectivity index is 1.54. The molecule has 1 aliphatic heterocycles. The standard InChI is InChI=1S/C16H18ClN3OS/c17-14-5-1-4-13(9-14)15(21)19-10-12-3-2-7-20(11-12)16-18-6-8-22-16/h1,4-6,8-9,12H,2-3,7,10-11H2,(H,19,21). The number of rotatable bonds is 4. The van der Waals surface area contributed by atoms with Crippen molar-refractivity contribution < 1.29 is 4.79 Å². The average Bonchev–Trinajstić information content (AvgIpc) is 3.07. The van der Waals surface area contributed by atoms with E-state index in [9.17, 15) is 4.79 Å². The smallest absolute Gasteiger partial charge is 0.251 e. The van der Waals surface area contributed by atoms with Crippen LogP contribution < -0.4 is 10.2 Å². The minimum atomic E-state index is -0.0612. The van der Waals surface area contributed by atoms with Crippen LogP contribution in [0.15, 0.2) is 35.8 Å². The highest BCUT2D eigenvalue weighted by Gasteiger charge is 2.22. The van der Waals surface area contributed by atoms with E-state index in [4.69, 9.17) is 11.6 Å². The van der Waals surface area contributed by atoms with Crippen molar-refractivity contribution in [3.05, 3.63) is 46.4 Å². The number of nitrogens with one attached hydrogen (secondary N) is 1. The zero-order valence-corrected chi connectivity index (χ0v) is 13.7. The molecule has 2 aromatic rings. The van der Waals surface area contributed by atoms with Gasteiger partial charge < -0.3 is 10.2 Å². The van der Waals surface area contributed by atoms with Gasteiger partial charge in [-0.05, 0) is 37.0 Å². The van der Waals surface area contributed by atoms with Crippen LogP contribution in [0.3, 0.4) is 0 Å². The zero-order chi connectivity index (χ0) is 15.4. The van der Waals surface area contributed by atoms with Gasteiger partial charge in [0.2, 0.25) is 0 Å². The van der Waals surface area contributed by atoms with E-state index in [0.29, 0.717) is 23.0 Å². The van der Waals surface area contributed by atoms with E-state index in [1.54, 1.807) is 35.6 Å². The molecule has 1 amide bonds. The van der Waals surface area contributed by atoms with Gasteiger partial charge in [0.05, 0.1) is 0 Å². The molecular formula is C16H18ClN3OS. The number of nitrogens with zero attached hydrogens (tertiary/aromatic N) is 2. The lowest BCUT2D eigenvalue weighted by atomic mass is 9.98. The van der Waals surface area contributed by atoms with Crippen molar-refractivity contribution in [1.29, 1.82) is 0 Å². The molecule has 1 atom stereocenters. The SMILES string of the molecule is O=C(NCC1CCCN(c2nccs2)C1)c1cccc(Cl)c1. The third kappa shape index (κ3) is 3.78. The molecule has 1 fully saturated rings. The minimum absolute atomic E-state index is 0.0612. The van der Waals surface area contributed by atoms with Crippen molar-refractivity contribution in [1.82, 2.24) is 10.3 Å². The molecule has 1 aromatic heterocycles. The Morgan fingerprint density at radius 3 is 3.18 bits per heavy atom. The molecule has 116 valence electrons. The molecule has 2 heterocycles. The van der Waals surface area contributed by atoms with E-state index in [1.807, 2.05) is 11.6 Å². The third-order valence-corrected chi connectivity index (χ3v) is 4.91. The summed E-state index contributed by atoms with van der Waals surface area (Å²) >= 11 is 7.59. The van der Waals surface area contributed by atoms with Crippen molar-refractivity contribution in [2.75, 3.05) is 24.5 Å². The Morgan fingerprint density at radius 1 is 1.50 bits per heavy atom. The summed E-state index contributed by atoms with van der Waals surface area (Å²) in [5.74, 6) is 0.398. The van der Waals surface area contributed by atoms with Crippen LogP contribution in [-0.2, 0) is 0 Å². The maximum absolute atomic E-state index is 12.2. The number of carbonyl (C=O) groups excluding carboxylic acids is 1. The van der Waals surface area contributed by atoms with Crippen molar-refractivity contribution in [2.45, 2.75) is 12.8 Å². The Labute approximate surface area is 139 Å². The quantitative estimate of drug-likeness (QED) is 0.930. The zero-order valence-electron chi connectivity index (χ0n) is 12.2. The predicted molar refractivity (Wildman–Crippen MR) is 90.8 cm³/mol. The van der Waals surface area contributed by atoms with E-state index in [-0.39, 0.29) is 5.91 Å². The highest BCUT2D eigenvalue weighted by atomic mass is 35.5. The molecule has 1 aliphatic rings. The lowest BCUT2D eigenvalue weighted by Crippen LogP contribution is -2.41. The fourth-order valence-electron chi connectivity index (χ4n) is 2.75. The lowest BCUT2D eigenvalue weighted by molar-refractivity contribution is 0.0945. The maximum Gasteiger partial charge on any atom is 0.251 e. The molecule has 0 bridgehead atoms. The molecule has 4 nitrogen and oxygen atoms in total. The molecule has 0 spiro atoms. The van der Waals surface area contributed by atoms with Crippen LogP contribution in [0.25, 0.3) is 0 Å². The molecule has 1 saturated heterocycles. The minimum Gasteiger partial charge on any atom is -0.352 e. The van der Waals surface area contributed by atoms with E-state index in [2.05, 4.69) is 15.2 Å². The third-order valence-electron chi connectivity index (χ3n) is 3.85. The van der Waals surface area contributed by atoms with Crippen LogP contribution in [0.1, 0.15) is 23.2 Å². The van der Waals surface area contributed by atoms with E-state index in [0.717, 1.165) is 31.1 Å². The highest BCUT2D eigenvalue weighted by Crippen LogP contribution is 2.24. The molecule has 1 N–H and O–H groups in total. The summed E-state index contributed by atoms with van der Waals surface area (Å²) in [6.07, 6.45) is 4.11. The Kier molecular flexibility index (Phi) is 4.95. The van der Waals surface area contributed by atoms with Gasteiger partial charge >= 0.3 is 0 Å². The van der Waals surface area contributed by atoms with Crippen molar-refractivity contribution in [2.24, 2.45) is 5.92 Å². The fourth-order valence-corrected chi connectivity index (χ4v) is 3.62. The molecule has 0 radical (unpaired) electrons. The van der Waals surface area contributed by atoms with Crippen molar-refractivity contribution in [3.63, 3.8) is 0 Å². The van der Waals surface area contributed by atoms with Crippen LogP contribution in [-0.4, -0.2) is 30.5 Å². The van der Waals surface area contributed by atoms with Crippen LogP contribution in [0.4, 0.5) is 5.13 Å². The summed E-state index contributed by atoms with van der Waals surface area (Å²) in [6, 6.07) is 7.04. The number of halogens is 1. The second-order valence-corrected chi connectivity index (χ2v) is 6.80. The molecule has 0 aliphatic carbocycles. The van der Waals surface area contributed by atoms with Gasteiger partial charge in [0, 0.05) is 41.8 Å². The molecule has 6 heteroatoms. The first-order valence-electron chi connectivity index (χ1n) is 7.40. The summed E-state index contributed by atoms with van der Waals surface area (Å²) in [5.41, 5.74) is 0.611. The van der Waals surface area contributed by atoms with Crippen LogP contribution in [0.2, 0.25) is 5.02 Å². The van der Waals surface area contributed by atoms with Crippen LogP contribution in [0, 0.1) is 5.92 Å². The van der Waals surface area contributed by atoms with Crippen molar-refractivity contribution in [3.8, 4) is 0 Å². The van der Waals surface area contributed by atoms with Gasteiger partial charge in [-0.3, -0.25) is 4.79 Å². The Hall–Kier alpha value is -1.59. The summed E-state index contributed by atoms with van der Waals surface area (Å²) in [4.78, 5) is 18.8. The number of thiazole rings is 1. The summed E-state index contributed by atoms with van der Waals surface area (Å²) in [6.45, 7) is 2.68. The van der Waals surface area contributed by atoms with Gasteiger partial charge in [-0.25, -0.2) is 4.98 Å². The van der Waals surface area contributed by atoms with Crippen LogP contribution >= 0.6 is 22.9 Å². The average molecular weight is 336 g/mol.